The number of aromatic nitrogens is 1. The molecule has 0 unspecified atom stereocenters. The molecule has 1 aromatic heterocycles. The van der Waals surface area contributed by atoms with E-state index in [1.54, 1.807) is 11.0 Å². The van der Waals surface area contributed by atoms with Crippen LogP contribution in [0.3, 0.4) is 0 Å². The highest BCUT2D eigenvalue weighted by molar-refractivity contribution is 8.00. The van der Waals surface area contributed by atoms with Gasteiger partial charge in [-0.2, -0.15) is 18.4 Å². The Balaban J connectivity index is 1.51. The second-order valence-corrected chi connectivity index (χ2v) is 8.50. The van der Waals surface area contributed by atoms with Gasteiger partial charge in [0.25, 0.3) is 0 Å². The number of benzene rings is 1. The molecule has 0 aliphatic carbocycles. The molecule has 1 saturated heterocycles. The standard InChI is InChI=1S/C22H20F3N3O3S/c1-13-9-16(22(23,24)25)15(11-26)21(27-13)32-12-20(29)28-6-2-3-17(28)14-4-5-18-19(10-14)31-8-7-30-18/h4-5,9-10,17H,2-3,6-8,12H2,1H3/t17-/m0/s1. The summed E-state index contributed by atoms with van der Waals surface area (Å²) in [5.41, 5.74) is -0.513. The van der Waals surface area contributed by atoms with Crippen LogP contribution in [0.1, 0.15) is 41.3 Å². The minimum absolute atomic E-state index is 0.0803. The highest BCUT2D eigenvalue weighted by atomic mass is 32.2. The number of rotatable bonds is 4. The lowest BCUT2D eigenvalue weighted by Gasteiger charge is -2.26. The van der Waals surface area contributed by atoms with Gasteiger partial charge in [-0.3, -0.25) is 4.79 Å². The second-order valence-electron chi connectivity index (χ2n) is 7.54. The van der Waals surface area contributed by atoms with Gasteiger partial charge in [0, 0.05) is 12.2 Å². The van der Waals surface area contributed by atoms with Crippen molar-refractivity contribution in [3.8, 4) is 17.6 Å². The van der Waals surface area contributed by atoms with Crippen molar-refractivity contribution in [2.24, 2.45) is 0 Å². The highest BCUT2D eigenvalue weighted by Gasteiger charge is 2.36. The van der Waals surface area contributed by atoms with Crippen LogP contribution in [-0.2, 0) is 11.0 Å². The van der Waals surface area contributed by atoms with E-state index in [0.717, 1.165) is 36.2 Å². The van der Waals surface area contributed by atoms with Gasteiger partial charge in [0.05, 0.1) is 22.9 Å². The van der Waals surface area contributed by atoms with Crippen molar-refractivity contribution in [3.05, 3.63) is 46.6 Å². The molecule has 6 nitrogen and oxygen atoms in total. The van der Waals surface area contributed by atoms with Gasteiger partial charge < -0.3 is 14.4 Å². The van der Waals surface area contributed by atoms with Crippen LogP contribution in [0.4, 0.5) is 13.2 Å². The number of nitriles is 1. The third-order valence-corrected chi connectivity index (χ3v) is 6.35. The number of aryl methyl sites for hydroxylation is 1. The van der Waals surface area contributed by atoms with Gasteiger partial charge >= 0.3 is 6.18 Å². The maximum atomic E-state index is 13.3. The Labute approximate surface area is 187 Å². The molecule has 1 atom stereocenters. The van der Waals surface area contributed by atoms with Gasteiger partial charge in [-0.25, -0.2) is 4.98 Å². The molecule has 2 aliphatic heterocycles. The molecule has 1 amide bonds. The summed E-state index contributed by atoms with van der Waals surface area (Å²) in [6.07, 6.45) is -3.07. The number of fused-ring (bicyclic) bond motifs is 1. The molecule has 0 N–H and O–H groups in total. The van der Waals surface area contributed by atoms with Crippen LogP contribution in [0.5, 0.6) is 11.5 Å². The van der Waals surface area contributed by atoms with E-state index >= 15 is 0 Å². The maximum absolute atomic E-state index is 13.3. The summed E-state index contributed by atoms with van der Waals surface area (Å²) in [4.78, 5) is 18.8. The van der Waals surface area contributed by atoms with E-state index in [2.05, 4.69) is 4.98 Å². The van der Waals surface area contributed by atoms with Crippen LogP contribution < -0.4 is 9.47 Å². The first-order valence-corrected chi connectivity index (χ1v) is 11.1. The van der Waals surface area contributed by atoms with E-state index in [1.807, 2.05) is 18.2 Å². The van der Waals surface area contributed by atoms with Gasteiger partial charge in [-0.05, 0) is 43.5 Å². The van der Waals surface area contributed by atoms with Crippen LogP contribution in [-0.4, -0.2) is 41.3 Å². The Morgan fingerprint density at radius 1 is 1.28 bits per heavy atom. The van der Waals surface area contributed by atoms with E-state index in [1.165, 1.54) is 6.92 Å². The number of amides is 1. The highest BCUT2D eigenvalue weighted by Crippen LogP contribution is 2.39. The summed E-state index contributed by atoms with van der Waals surface area (Å²) >= 11 is 0.862. The first kappa shape index (κ1) is 22.3. The third kappa shape index (κ3) is 4.48. The zero-order valence-corrected chi connectivity index (χ0v) is 18.1. The number of halogens is 3. The average molecular weight is 463 g/mol. The van der Waals surface area contributed by atoms with Crippen LogP contribution in [0, 0.1) is 18.3 Å². The average Bonchev–Trinajstić information content (AvgIpc) is 3.26. The molecule has 0 bridgehead atoms. The molecule has 168 valence electrons. The van der Waals surface area contributed by atoms with Gasteiger partial charge in [0.2, 0.25) is 5.91 Å². The van der Waals surface area contributed by atoms with Crippen molar-refractivity contribution in [1.82, 2.24) is 9.88 Å². The first-order chi connectivity index (χ1) is 15.3. The Bertz CT molecular complexity index is 1080. The van der Waals surface area contributed by atoms with E-state index < -0.39 is 17.3 Å². The van der Waals surface area contributed by atoms with Crippen LogP contribution in [0.2, 0.25) is 0 Å². The molecule has 2 aliphatic rings. The first-order valence-electron chi connectivity index (χ1n) is 10.1. The summed E-state index contributed by atoms with van der Waals surface area (Å²) in [5.74, 6) is 0.989. The predicted octanol–water partition coefficient (Wildman–Crippen LogP) is 4.51. The van der Waals surface area contributed by atoms with Crippen molar-refractivity contribution in [2.45, 2.75) is 37.0 Å². The van der Waals surface area contributed by atoms with Gasteiger partial charge in [-0.1, -0.05) is 17.8 Å². The lowest BCUT2D eigenvalue weighted by atomic mass is 10.0. The Morgan fingerprint density at radius 2 is 2.03 bits per heavy atom. The maximum Gasteiger partial charge on any atom is 0.417 e. The molecule has 4 rings (SSSR count). The molecule has 0 spiro atoms. The van der Waals surface area contributed by atoms with E-state index in [0.29, 0.717) is 31.3 Å². The molecule has 10 heteroatoms. The number of nitrogens with zero attached hydrogens (tertiary/aromatic N) is 3. The van der Waals surface area contributed by atoms with Crippen LogP contribution in [0.15, 0.2) is 29.3 Å². The summed E-state index contributed by atoms with van der Waals surface area (Å²) < 4.78 is 51.1. The number of carbonyl (C=O) groups is 1. The van der Waals surface area contributed by atoms with E-state index in [4.69, 9.17) is 9.47 Å². The quantitative estimate of drug-likeness (QED) is 0.622. The number of pyridine rings is 1. The lowest BCUT2D eigenvalue weighted by molar-refractivity contribution is -0.138. The van der Waals surface area contributed by atoms with Gasteiger partial charge in [0.15, 0.2) is 11.5 Å². The number of thioether (sulfide) groups is 1. The molecule has 32 heavy (non-hydrogen) atoms. The van der Waals surface area contributed by atoms with Gasteiger partial charge in [-0.15, -0.1) is 0 Å². The molecule has 3 heterocycles. The summed E-state index contributed by atoms with van der Waals surface area (Å²) in [5, 5.41) is 9.22. The van der Waals surface area contributed by atoms with E-state index in [-0.39, 0.29) is 28.4 Å². The molecule has 1 fully saturated rings. The van der Waals surface area contributed by atoms with Crippen LogP contribution >= 0.6 is 11.8 Å². The summed E-state index contributed by atoms with van der Waals surface area (Å²) in [6.45, 7) is 2.94. The fourth-order valence-corrected chi connectivity index (χ4v) is 4.91. The zero-order chi connectivity index (χ0) is 22.9. The van der Waals surface area contributed by atoms with Crippen molar-refractivity contribution in [2.75, 3.05) is 25.5 Å². The Morgan fingerprint density at radius 3 is 2.75 bits per heavy atom. The molecule has 2 aromatic rings. The molecule has 1 aromatic carbocycles. The predicted molar refractivity (Wildman–Crippen MR) is 111 cm³/mol. The Hall–Kier alpha value is -2.93. The Kier molecular flexibility index (Phi) is 6.20. The number of hydrogen-bond acceptors (Lipinski definition) is 6. The number of hydrogen-bond donors (Lipinski definition) is 0. The van der Waals surface area contributed by atoms with E-state index in [9.17, 15) is 23.2 Å². The minimum atomic E-state index is -4.67. The normalized spacial score (nSPS) is 17.8. The largest absolute Gasteiger partial charge is 0.486 e. The smallest absolute Gasteiger partial charge is 0.417 e. The van der Waals surface area contributed by atoms with Crippen LogP contribution in [0.25, 0.3) is 0 Å². The van der Waals surface area contributed by atoms with Crippen molar-refractivity contribution >= 4 is 17.7 Å². The molecule has 0 radical (unpaired) electrons. The lowest BCUT2D eigenvalue weighted by Crippen LogP contribution is -2.32. The van der Waals surface area contributed by atoms with Crippen molar-refractivity contribution in [1.29, 1.82) is 5.26 Å². The topological polar surface area (TPSA) is 75.5 Å². The number of alkyl halides is 3. The number of likely N-dealkylation sites (tertiary alicyclic amines) is 1. The number of carbonyl (C=O) groups excluding carboxylic acids is 1. The second kappa shape index (κ2) is 8.90. The molecular formula is C22H20F3N3O3S. The SMILES string of the molecule is Cc1cc(C(F)(F)F)c(C#N)c(SCC(=O)N2CCC[C@H]2c2ccc3c(c2)OCCO3)n1. The monoisotopic (exact) mass is 463 g/mol. The van der Waals surface area contributed by atoms with Crippen molar-refractivity contribution in [3.63, 3.8) is 0 Å². The molecular weight excluding hydrogens is 443 g/mol. The van der Waals surface area contributed by atoms with Crippen molar-refractivity contribution < 1.29 is 27.4 Å². The summed E-state index contributed by atoms with van der Waals surface area (Å²) in [6, 6.07) is 7.91. The van der Waals surface area contributed by atoms with Gasteiger partial charge in [0.1, 0.15) is 24.3 Å². The fourth-order valence-electron chi connectivity index (χ4n) is 3.97. The fraction of sp³-hybridized carbons (Fsp3) is 0.409. The summed E-state index contributed by atoms with van der Waals surface area (Å²) in [7, 11) is 0. The number of ether oxygens (including phenoxy) is 2. The zero-order valence-electron chi connectivity index (χ0n) is 17.2. The molecule has 0 saturated carbocycles. The third-order valence-electron chi connectivity index (χ3n) is 5.39. The minimum Gasteiger partial charge on any atom is -0.486 e.